The summed E-state index contributed by atoms with van der Waals surface area (Å²) < 4.78 is 6.26. The van der Waals surface area contributed by atoms with Crippen LogP contribution in [0.25, 0.3) is 111 Å². The van der Waals surface area contributed by atoms with Crippen molar-refractivity contribution in [1.29, 1.82) is 0 Å². The maximum atomic E-state index is 6.26. The summed E-state index contributed by atoms with van der Waals surface area (Å²) in [6, 6.07) is 78.0. The van der Waals surface area contributed by atoms with Gasteiger partial charge in [-0.05, 0) is 115 Å². The lowest BCUT2D eigenvalue weighted by molar-refractivity contribution is 0.660. The van der Waals surface area contributed by atoms with Crippen molar-refractivity contribution in [2.75, 3.05) is 0 Å². The minimum Gasteiger partial charge on any atom is -0.456 e. The van der Waals surface area contributed by atoms with Crippen LogP contribution in [0.5, 0.6) is 0 Å². The molecule has 0 aliphatic heterocycles. The van der Waals surface area contributed by atoms with Crippen molar-refractivity contribution < 1.29 is 4.42 Å². The van der Waals surface area contributed by atoms with E-state index in [2.05, 4.69) is 202 Å². The Morgan fingerprint density at radius 2 is 0.844 bits per heavy atom. The molecule has 2 aromatic heterocycles. The Hall–Kier alpha value is -8.14. The molecule has 9 aromatic carbocycles. The van der Waals surface area contributed by atoms with E-state index in [1.807, 2.05) is 30.3 Å². The maximum absolute atomic E-state index is 6.26. The standard InChI is InChI=1S/C61H42N2O/c1-61(2)54-23-13-11-21-50(54)51-31-29-44(37-55(51)61)39-25-27-41(28-26-39)56-38-57(63-60(62-56)42-17-7-4-8-18-42)47-34-45(43-30-32-59-53(36-43)52-22-12-14-24-58(52)64-59)33-46(35-47)49-20-10-9-19-48(49)40-15-5-3-6-16-40/h3-38H,1-2H3. The van der Waals surface area contributed by atoms with Gasteiger partial charge in [-0.3, -0.25) is 0 Å². The lowest BCUT2D eigenvalue weighted by atomic mass is 9.81. The zero-order valence-electron chi connectivity index (χ0n) is 35.6. The highest BCUT2D eigenvalue weighted by molar-refractivity contribution is 6.06. The first-order chi connectivity index (χ1) is 31.4. The largest absolute Gasteiger partial charge is 0.456 e. The Bertz CT molecular complexity index is 3560. The first-order valence-electron chi connectivity index (χ1n) is 22.0. The fourth-order valence-electron chi connectivity index (χ4n) is 9.78. The van der Waals surface area contributed by atoms with Crippen LogP contribution < -0.4 is 0 Å². The maximum Gasteiger partial charge on any atom is 0.160 e. The van der Waals surface area contributed by atoms with Crippen molar-refractivity contribution in [3.05, 3.63) is 230 Å². The molecule has 0 fully saturated rings. The minimum atomic E-state index is -0.0613. The van der Waals surface area contributed by atoms with E-state index in [0.717, 1.165) is 72.3 Å². The number of furan rings is 1. The number of hydrogen-bond acceptors (Lipinski definition) is 3. The van der Waals surface area contributed by atoms with Gasteiger partial charge >= 0.3 is 0 Å². The Morgan fingerprint density at radius 1 is 0.312 bits per heavy atom. The number of rotatable bonds is 7. The third-order valence-electron chi connectivity index (χ3n) is 13.1. The molecule has 3 nitrogen and oxygen atoms in total. The highest BCUT2D eigenvalue weighted by atomic mass is 16.3. The van der Waals surface area contributed by atoms with Gasteiger partial charge in [0.1, 0.15) is 11.2 Å². The third kappa shape index (κ3) is 6.44. The Morgan fingerprint density at radius 3 is 1.62 bits per heavy atom. The molecule has 3 heteroatoms. The Labute approximate surface area is 373 Å². The van der Waals surface area contributed by atoms with Crippen molar-refractivity contribution in [3.8, 4) is 89.5 Å². The fourth-order valence-corrected chi connectivity index (χ4v) is 9.78. The Balaban J connectivity index is 1.01. The van der Waals surface area contributed by atoms with Crippen LogP contribution in [0.4, 0.5) is 0 Å². The van der Waals surface area contributed by atoms with Crippen molar-refractivity contribution in [3.63, 3.8) is 0 Å². The molecule has 2 heterocycles. The van der Waals surface area contributed by atoms with E-state index in [1.165, 1.54) is 44.5 Å². The molecule has 0 amide bonds. The van der Waals surface area contributed by atoms with Crippen molar-refractivity contribution in [2.45, 2.75) is 19.3 Å². The second kappa shape index (κ2) is 15.0. The summed E-state index contributed by atoms with van der Waals surface area (Å²) in [5.41, 5.74) is 21.0. The molecular formula is C61H42N2O. The van der Waals surface area contributed by atoms with Crippen LogP contribution >= 0.6 is 0 Å². The average molecular weight is 819 g/mol. The lowest BCUT2D eigenvalue weighted by Crippen LogP contribution is -2.14. The molecule has 0 atom stereocenters. The summed E-state index contributed by atoms with van der Waals surface area (Å²) in [6.07, 6.45) is 0. The minimum absolute atomic E-state index is 0.0613. The number of benzene rings is 9. The zero-order valence-corrected chi connectivity index (χ0v) is 35.6. The smallest absolute Gasteiger partial charge is 0.160 e. The van der Waals surface area contributed by atoms with E-state index in [0.29, 0.717) is 5.82 Å². The van der Waals surface area contributed by atoms with Gasteiger partial charge in [0, 0.05) is 32.9 Å². The molecule has 0 saturated carbocycles. The van der Waals surface area contributed by atoms with Crippen LogP contribution in [-0.4, -0.2) is 9.97 Å². The first-order valence-corrected chi connectivity index (χ1v) is 22.0. The number of hydrogen-bond donors (Lipinski definition) is 0. The first kappa shape index (κ1) is 37.6. The topological polar surface area (TPSA) is 38.9 Å². The van der Waals surface area contributed by atoms with Crippen LogP contribution in [0, 0.1) is 0 Å². The number of nitrogens with zero attached hydrogens (tertiary/aromatic N) is 2. The summed E-state index contributed by atoms with van der Waals surface area (Å²) in [7, 11) is 0. The monoisotopic (exact) mass is 818 g/mol. The van der Waals surface area contributed by atoms with E-state index in [4.69, 9.17) is 14.4 Å². The van der Waals surface area contributed by atoms with Crippen molar-refractivity contribution in [1.82, 2.24) is 9.97 Å². The van der Waals surface area contributed by atoms with Gasteiger partial charge < -0.3 is 4.42 Å². The molecule has 64 heavy (non-hydrogen) atoms. The second-order valence-electron chi connectivity index (χ2n) is 17.4. The van der Waals surface area contributed by atoms with Crippen molar-refractivity contribution >= 4 is 21.9 Å². The molecule has 0 N–H and O–H groups in total. The van der Waals surface area contributed by atoms with E-state index >= 15 is 0 Å². The van der Waals surface area contributed by atoms with Crippen LogP contribution in [0.2, 0.25) is 0 Å². The summed E-state index contributed by atoms with van der Waals surface area (Å²) in [6.45, 7) is 4.67. The van der Waals surface area contributed by atoms with Gasteiger partial charge in [-0.25, -0.2) is 9.97 Å². The van der Waals surface area contributed by atoms with Crippen LogP contribution in [0.3, 0.4) is 0 Å². The summed E-state index contributed by atoms with van der Waals surface area (Å²) in [4.78, 5) is 10.6. The van der Waals surface area contributed by atoms with Gasteiger partial charge in [0.2, 0.25) is 0 Å². The SMILES string of the molecule is CC1(C)c2ccccc2-c2ccc(-c3ccc(-c4cc(-c5cc(-c6ccc7oc8ccccc8c7c6)cc(-c6ccccc6-c6ccccc6)c5)nc(-c5ccccc5)n4)cc3)cc21. The summed E-state index contributed by atoms with van der Waals surface area (Å²) in [5, 5.41) is 2.20. The third-order valence-corrected chi connectivity index (χ3v) is 13.1. The molecule has 302 valence electrons. The molecule has 0 bridgehead atoms. The lowest BCUT2D eigenvalue weighted by Gasteiger charge is -2.22. The van der Waals surface area contributed by atoms with Gasteiger partial charge in [-0.15, -0.1) is 0 Å². The molecule has 0 spiro atoms. The number of fused-ring (bicyclic) bond motifs is 6. The van der Waals surface area contributed by atoms with Crippen LogP contribution in [0.1, 0.15) is 25.0 Å². The van der Waals surface area contributed by atoms with Gasteiger partial charge in [0.25, 0.3) is 0 Å². The highest BCUT2D eigenvalue weighted by Crippen LogP contribution is 2.49. The molecule has 11 aromatic rings. The fraction of sp³-hybridized carbons (Fsp3) is 0.0492. The zero-order chi connectivity index (χ0) is 42.8. The molecule has 12 rings (SSSR count). The molecule has 1 aliphatic rings. The average Bonchev–Trinajstić information content (AvgIpc) is 3.85. The number of para-hydroxylation sites is 1. The highest BCUT2D eigenvalue weighted by Gasteiger charge is 2.35. The second-order valence-corrected chi connectivity index (χ2v) is 17.4. The van der Waals surface area contributed by atoms with Gasteiger partial charge in [0.05, 0.1) is 11.4 Å². The molecule has 1 aliphatic carbocycles. The summed E-state index contributed by atoms with van der Waals surface area (Å²) >= 11 is 0. The van der Waals surface area contributed by atoms with Gasteiger partial charge in [-0.2, -0.15) is 0 Å². The molecule has 0 radical (unpaired) electrons. The predicted octanol–water partition coefficient (Wildman–Crippen LogP) is 16.4. The normalized spacial score (nSPS) is 12.7. The Kier molecular flexibility index (Phi) is 8.84. The number of aromatic nitrogens is 2. The van der Waals surface area contributed by atoms with Crippen LogP contribution in [0.15, 0.2) is 223 Å². The molecular weight excluding hydrogens is 777 g/mol. The molecule has 0 saturated heterocycles. The van der Waals surface area contributed by atoms with Crippen LogP contribution in [-0.2, 0) is 5.41 Å². The van der Waals surface area contributed by atoms with Gasteiger partial charge in [-0.1, -0.05) is 184 Å². The summed E-state index contributed by atoms with van der Waals surface area (Å²) in [5.74, 6) is 0.681. The molecule has 0 unspecified atom stereocenters. The van der Waals surface area contributed by atoms with E-state index in [1.54, 1.807) is 0 Å². The predicted molar refractivity (Wildman–Crippen MR) is 265 cm³/mol. The van der Waals surface area contributed by atoms with Gasteiger partial charge in [0.15, 0.2) is 5.82 Å². The van der Waals surface area contributed by atoms with E-state index < -0.39 is 0 Å². The van der Waals surface area contributed by atoms with Crippen molar-refractivity contribution in [2.24, 2.45) is 0 Å². The quantitative estimate of drug-likeness (QED) is 0.161. The van der Waals surface area contributed by atoms with E-state index in [-0.39, 0.29) is 5.41 Å². The van der Waals surface area contributed by atoms with E-state index in [9.17, 15) is 0 Å².